The first kappa shape index (κ1) is 26.4. The maximum absolute atomic E-state index is 13.5. The number of hydrogen-bond acceptors (Lipinski definition) is 6. The van der Waals surface area contributed by atoms with Crippen LogP contribution in [-0.2, 0) is 6.42 Å². The van der Waals surface area contributed by atoms with Crippen molar-refractivity contribution in [2.75, 3.05) is 28.4 Å². The number of hydrogen-bond donors (Lipinski definition) is 1. The van der Waals surface area contributed by atoms with Gasteiger partial charge in [0.25, 0.3) is 5.91 Å². The number of carbonyl (C=O) groups is 1. The first-order valence-electron chi connectivity index (χ1n) is 12.4. The topological polar surface area (TPSA) is 83.1 Å². The largest absolute Gasteiger partial charge is 0.493 e. The Hall–Kier alpha value is -4.23. The Kier molecular flexibility index (Phi) is 7.35. The molecule has 0 spiro atoms. The van der Waals surface area contributed by atoms with Crippen LogP contribution in [0, 0.1) is 0 Å². The van der Waals surface area contributed by atoms with Crippen molar-refractivity contribution in [3.63, 3.8) is 0 Å². The van der Waals surface area contributed by atoms with Gasteiger partial charge in [-0.3, -0.25) is 9.59 Å². The molecule has 0 heterocycles. The van der Waals surface area contributed by atoms with Gasteiger partial charge in [-0.25, -0.2) is 0 Å². The predicted molar refractivity (Wildman–Crippen MR) is 152 cm³/mol. The van der Waals surface area contributed by atoms with E-state index in [-0.39, 0.29) is 17.1 Å². The zero-order valence-electron chi connectivity index (χ0n) is 22.1. The van der Waals surface area contributed by atoms with Crippen molar-refractivity contribution in [2.24, 2.45) is 0 Å². The minimum atomic E-state index is -0.506. The summed E-state index contributed by atoms with van der Waals surface area (Å²) in [5, 5.41) is 5.56. The molecule has 7 nitrogen and oxygen atoms in total. The molecule has 0 saturated heterocycles. The first-order chi connectivity index (χ1) is 18.9. The van der Waals surface area contributed by atoms with Gasteiger partial charge in [0, 0.05) is 11.1 Å². The van der Waals surface area contributed by atoms with Crippen LogP contribution in [0.2, 0.25) is 5.02 Å². The number of benzene rings is 3. The van der Waals surface area contributed by atoms with E-state index in [4.69, 9.17) is 30.5 Å². The third kappa shape index (κ3) is 4.63. The standard InChI is InChI=1S/C31H28ClNO6/c1-36-25-14-12-20-22(16-24(25)34)23(33-31(35)19-10-9-17-7-5-6-8-18(17)15-19)13-11-21-26(20)28(37-2)30(39-4)29(38-3)27(21)32/h5-10,12,14-16,23H,11,13H2,1-4H3,(H,33,35)/t23-/m0/s1. The molecule has 200 valence electrons. The van der Waals surface area contributed by atoms with Crippen LogP contribution in [-0.4, -0.2) is 34.3 Å². The number of fused-ring (bicyclic) bond motifs is 4. The maximum atomic E-state index is 13.5. The van der Waals surface area contributed by atoms with Gasteiger partial charge in [0.05, 0.1) is 39.5 Å². The van der Waals surface area contributed by atoms with E-state index in [2.05, 4.69) is 5.32 Å². The Balaban J connectivity index is 1.69. The van der Waals surface area contributed by atoms with Crippen LogP contribution in [0.4, 0.5) is 0 Å². The molecule has 1 amide bonds. The van der Waals surface area contributed by atoms with Gasteiger partial charge in [-0.2, -0.15) is 0 Å². The molecule has 0 fully saturated rings. The summed E-state index contributed by atoms with van der Waals surface area (Å²) in [6, 6.07) is 17.9. The number of methoxy groups -OCH3 is 4. The molecule has 1 aliphatic rings. The lowest BCUT2D eigenvalue weighted by molar-refractivity contribution is 0.0935. The van der Waals surface area contributed by atoms with Gasteiger partial charge in [-0.1, -0.05) is 48.0 Å². The highest BCUT2D eigenvalue weighted by Crippen LogP contribution is 2.54. The SMILES string of the molecule is COc1c(Cl)c2c(c(OC)c1OC)-c1ccc(OC)c(=O)cc1[C@@H](NC(=O)c1ccc3ccccc3c1)CC2. The molecule has 0 aliphatic heterocycles. The summed E-state index contributed by atoms with van der Waals surface area (Å²) in [4.78, 5) is 26.6. The lowest BCUT2D eigenvalue weighted by Gasteiger charge is -2.21. The fraction of sp³-hybridized carbons (Fsp3) is 0.226. The monoisotopic (exact) mass is 545 g/mol. The van der Waals surface area contributed by atoms with Crippen molar-refractivity contribution in [3.05, 3.63) is 92.6 Å². The quantitative estimate of drug-likeness (QED) is 0.321. The Bertz CT molecular complexity index is 1650. The van der Waals surface area contributed by atoms with E-state index in [0.29, 0.717) is 57.4 Å². The zero-order chi connectivity index (χ0) is 27.7. The number of rotatable bonds is 6. The van der Waals surface area contributed by atoms with Crippen molar-refractivity contribution in [2.45, 2.75) is 18.9 Å². The van der Waals surface area contributed by atoms with Crippen molar-refractivity contribution >= 4 is 28.3 Å². The van der Waals surface area contributed by atoms with Gasteiger partial charge < -0.3 is 24.3 Å². The highest BCUT2D eigenvalue weighted by molar-refractivity contribution is 6.34. The van der Waals surface area contributed by atoms with Gasteiger partial charge in [0.2, 0.25) is 11.2 Å². The van der Waals surface area contributed by atoms with Gasteiger partial charge in [0.15, 0.2) is 17.2 Å². The van der Waals surface area contributed by atoms with Gasteiger partial charge in [-0.05, 0) is 64.6 Å². The van der Waals surface area contributed by atoms with Gasteiger partial charge >= 0.3 is 0 Å². The third-order valence-corrected chi connectivity index (χ3v) is 7.52. The molecule has 1 atom stereocenters. The second-order valence-corrected chi connectivity index (χ2v) is 9.55. The Morgan fingerprint density at radius 2 is 1.56 bits per heavy atom. The molecule has 5 rings (SSSR count). The highest BCUT2D eigenvalue weighted by atomic mass is 35.5. The smallest absolute Gasteiger partial charge is 0.251 e. The Morgan fingerprint density at radius 1 is 0.846 bits per heavy atom. The van der Waals surface area contributed by atoms with E-state index in [9.17, 15) is 9.59 Å². The molecule has 4 aromatic rings. The second-order valence-electron chi connectivity index (χ2n) is 9.17. The van der Waals surface area contributed by atoms with Crippen LogP contribution < -0.4 is 29.7 Å². The number of ether oxygens (including phenoxy) is 4. The summed E-state index contributed by atoms with van der Waals surface area (Å²) in [6.07, 6.45) is 0.959. The van der Waals surface area contributed by atoms with E-state index in [1.54, 1.807) is 18.2 Å². The molecule has 39 heavy (non-hydrogen) atoms. The van der Waals surface area contributed by atoms with E-state index in [1.807, 2.05) is 36.4 Å². The average Bonchev–Trinajstić information content (AvgIpc) is 3.21. The van der Waals surface area contributed by atoms with Gasteiger partial charge in [-0.15, -0.1) is 0 Å². The fourth-order valence-corrected chi connectivity index (χ4v) is 5.61. The molecule has 0 unspecified atom stereocenters. The van der Waals surface area contributed by atoms with Crippen LogP contribution in [0.15, 0.2) is 65.5 Å². The van der Waals surface area contributed by atoms with Crippen molar-refractivity contribution in [1.82, 2.24) is 5.32 Å². The molecule has 0 radical (unpaired) electrons. The normalized spacial score (nSPS) is 14.0. The van der Waals surface area contributed by atoms with E-state index in [1.165, 1.54) is 34.5 Å². The van der Waals surface area contributed by atoms with Crippen LogP contribution in [0.5, 0.6) is 23.0 Å². The Labute approximate surface area is 231 Å². The third-order valence-electron chi connectivity index (χ3n) is 7.12. The minimum Gasteiger partial charge on any atom is -0.493 e. The van der Waals surface area contributed by atoms with Crippen LogP contribution in [0.3, 0.4) is 0 Å². The predicted octanol–water partition coefficient (Wildman–Crippen LogP) is 5.97. The van der Waals surface area contributed by atoms with Crippen LogP contribution in [0.1, 0.15) is 33.9 Å². The van der Waals surface area contributed by atoms with Crippen molar-refractivity contribution in [3.8, 4) is 34.1 Å². The van der Waals surface area contributed by atoms with Gasteiger partial charge in [0.1, 0.15) is 0 Å². The second kappa shape index (κ2) is 10.9. The average molecular weight is 546 g/mol. The molecule has 8 heteroatoms. The molecule has 1 N–H and O–H groups in total. The molecular weight excluding hydrogens is 518 g/mol. The number of halogens is 1. The van der Waals surface area contributed by atoms with Crippen molar-refractivity contribution in [1.29, 1.82) is 0 Å². The summed E-state index contributed by atoms with van der Waals surface area (Å²) >= 11 is 6.87. The zero-order valence-corrected chi connectivity index (χ0v) is 22.8. The highest BCUT2D eigenvalue weighted by Gasteiger charge is 2.32. The maximum Gasteiger partial charge on any atom is 0.251 e. The van der Waals surface area contributed by atoms with E-state index >= 15 is 0 Å². The minimum absolute atomic E-state index is 0.176. The molecule has 0 saturated carbocycles. The number of nitrogens with one attached hydrogen (secondary N) is 1. The summed E-state index contributed by atoms with van der Waals surface area (Å²) in [5.41, 5.74) is 2.96. The number of carbonyl (C=O) groups excluding carboxylic acids is 1. The summed E-state index contributed by atoms with van der Waals surface area (Å²) in [5.74, 6) is 1.05. The summed E-state index contributed by atoms with van der Waals surface area (Å²) < 4.78 is 22.4. The van der Waals surface area contributed by atoms with Crippen molar-refractivity contribution < 1.29 is 23.7 Å². The lowest BCUT2D eigenvalue weighted by atomic mass is 9.95. The summed E-state index contributed by atoms with van der Waals surface area (Å²) in [6.45, 7) is 0. The Morgan fingerprint density at radius 3 is 2.26 bits per heavy atom. The van der Waals surface area contributed by atoms with Crippen LogP contribution >= 0.6 is 11.6 Å². The molecule has 0 aromatic heterocycles. The van der Waals surface area contributed by atoms with E-state index in [0.717, 1.165) is 16.3 Å². The fourth-order valence-electron chi connectivity index (χ4n) is 5.26. The summed E-state index contributed by atoms with van der Waals surface area (Å²) in [7, 11) is 6.01. The molecule has 4 aromatic carbocycles. The molecular formula is C31H28ClNO6. The molecule has 1 aliphatic carbocycles. The first-order valence-corrected chi connectivity index (χ1v) is 12.8. The number of amides is 1. The van der Waals surface area contributed by atoms with Crippen LogP contribution in [0.25, 0.3) is 21.9 Å². The molecule has 0 bridgehead atoms. The lowest BCUT2D eigenvalue weighted by Crippen LogP contribution is -2.29. The van der Waals surface area contributed by atoms with E-state index < -0.39 is 6.04 Å².